The number of carbonyl (C=O) groups is 2. The Bertz CT molecular complexity index is 472. The molecule has 1 aromatic rings. The van der Waals surface area contributed by atoms with Crippen LogP contribution in [0.5, 0.6) is 5.75 Å². The van der Waals surface area contributed by atoms with Crippen LogP contribution in [0, 0.1) is 5.82 Å². The van der Waals surface area contributed by atoms with Crippen molar-refractivity contribution in [2.24, 2.45) is 5.73 Å². The molecule has 4 N–H and O–H groups in total. The van der Waals surface area contributed by atoms with Crippen molar-refractivity contribution in [1.29, 1.82) is 0 Å². The van der Waals surface area contributed by atoms with Crippen molar-refractivity contribution >= 4 is 11.8 Å². The highest BCUT2D eigenvalue weighted by molar-refractivity contribution is 6.00. The zero-order chi connectivity index (χ0) is 13.2. The highest BCUT2D eigenvalue weighted by Crippen LogP contribution is 2.18. The maximum Gasteiger partial charge on any atom is 0.255 e. The first-order chi connectivity index (χ1) is 7.74. The van der Waals surface area contributed by atoms with Crippen molar-refractivity contribution in [3.63, 3.8) is 0 Å². The number of phenolic OH excluding ortho intramolecular Hbond substituents is 1. The van der Waals surface area contributed by atoms with Crippen LogP contribution < -0.4 is 11.1 Å². The normalized spacial score (nSPS) is 11.0. The first-order valence-corrected chi connectivity index (χ1v) is 4.85. The van der Waals surface area contributed by atoms with Gasteiger partial charge in [-0.15, -0.1) is 0 Å². The summed E-state index contributed by atoms with van der Waals surface area (Å²) in [6, 6.07) is 2.97. The second-order valence-corrected chi connectivity index (χ2v) is 4.10. The lowest BCUT2D eigenvalue weighted by Crippen LogP contribution is -2.53. The highest BCUT2D eigenvalue weighted by Gasteiger charge is 2.28. The molecule has 0 atom stereocenters. The third-order valence-electron chi connectivity index (χ3n) is 2.25. The predicted octanol–water partition coefficient (Wildman–Crippen LogP) is 0.525. The lowest BCUT2D eigenvalue weighted by atomic mass is 10.0. The fourth-order valence-corrected chi connectivity index (χ4v) is 1.11. The van der Waals surface area contributed by atoms with Gasteiger partial charge in [-0.3, -0.25) is 9.59 Å². The number of primary amides is 1. The quantitative estimate of drug-likeness (QED) is 0.719. The Hall–Kier alpha value is -2.11. The molecule has 0 bridgehead atoms. The molecule has 92 valence electrons. The molecule has 0 saturated heterocycles. The van der Waals surface area contributed by atoms with Crippen molar-refractivity contribution in [2.75, 3.05) is 0 Å². The zero-order valence-electron chi connectivity index (χ0n) is 9.45. The summed E-state index contributed by atoms with van der Waals surface area (Å²) >= 11 is 0. The molecule has 0 spiro atoms. The highest BCUT2D eigenvalue weighted by atomic mass is 19.1. The van der Waals surface area contributed by atoms with Crippen molar-refractivity contribution in [2.45, 2.75) is 19.4 Å². The lowest BCUT2D eigenvalue weighted by molar-refractivity contribution is -0.122. The fourth-order valence-electron chi connectivity index (χ4n) is 1.11. The van der Waals surface area contributed by atoms with Gasteiger partial charge in [0.1, 0.15) is 17.1 Å². The Labute approximate surface area is 97.4 Å². The van der Waals surface area contributed by atoms with E-state index in [1.165, 1.54) is 13.8 Å². The van der Waals surface area contributed by atoms with Gasteiger partial charge >= 0.3 is 0 Å². The number of benzene rings is 1. The summed E-state index contributed by atoms with van der Waals surface area (Å²) in [5, 5.41) is 11.7. The molecular formula is C11H13FN2O3. The Balaban J connectivity index is 2.95. The summed E-state index contributed by atoms with van der Waals surface area (Å²) in [7, 11) is 0. The average Bonchev–Trinajstić information content (AvgIpc) is 2.15. The van der Waals surface area contributed by atoms with Gasteiger partial charge in [0.15, 0.2) is 0 Å². The van der Waals surface area contributed by atoms with Gasteiger partial charge in [-0.05, 0) is 26.0 Å². The molecule has 0 unspecified atom stereocenters. The van der Waals surface area contributed by atoms with Gasteiger partial charge in [-0.2, -0.15) is 0 Å². The second kappa shape index (κ2) is 4.40. The van der Waals surface area contributed by atoms with Crippen LogP contribution in [-0.4, -0.2) is 22.5 Å². The van der Waals surface area contributed by atoms with Crippen molar-refractivity contribution < 1.29 is 19.1 Å². The maximum absolute atomic E-state index is 12.7. The van der Waals surface area contributed by atoms with E-state index in [0.29, 0.717) is 0 Å². The molecule has 0 radical (unpaired) electrons. The first-order valence-electron chi connectivity index (χ1n) is 4.85. The topological polar surface area (TPSA) is 92.4 Å². The fraction of sp³-hybridized carbons (Fsp3) is 0.273. The van der Waals surface area contributed by atoms with E-state index in [-0.39, 0.29) is 5.56 Å². The minimum Gasteiger partial charge on any atom is -0.507 e. The summed E-state index contributed by atoms with van der Waals surface area (Å²) in [4.78, 5) is 22.7. The van der Waals surface area contributed by atoms with E-state index < -0.39 is 28.9 Å². The number of rotatable bonds is 3. The van der Waals surface area contributed by atoms with Crippen LogP contribution in [0.15, 0.2) is 18.2 Å². The third kappa shape index (κ3) is 2.93. The summed E-state index contributed by atoms with van der Waals surface area (Å²) < 4.78 is 12.7. The first kappa shape index (κ1) is 13.0. The Morgan fingerprint density at radius 2 is 2.00 bits per heavy atom. The molecule has 1 rings (SSSR count). The molecule has 17 heavy (non-hydrogen) atoms. The Morgan fingerprint density at radius 3 is 2.47 bits per heavy atom. The molecular weight excluding hydrogens is 227 g/mol. The smallest absolute Gasteiger partial charge is 0.255 e. The van der Waals surface area contributed by atoms with E-state index in [9.17, 15) is 19.1 Å². The standard InChI is InChI=1S/C11H13FN2O3/c1-11(2,10(13)17)14-9(16)7-4-3-6(12)5-8(7)15/h3-5,15H,1-2H3,(H2,13,17)(H,14,16). The molecule has 5 nitrogen and oxygen atoms in total. The molecule has 0 aliphatic carbocycles. The molecule has 0 aliphatic heterocycles. The maximum atomic E-state index is 12.7. The summed E-state index contributed by atoms with van der Waals surface area (Å²) in [6.07, 6.45) is 0. The number of hydrogen-bond acceptors (Lipinski definition) is 3. The largest absolute Gasteiger partial charge is 0.507 e. The molecule has 0 aromatic heterocycles. The van der Waals surface area contributed by atoms with Gasteiger partial charge < -0.3 is 16.2 Å². The van der Waals surface area contributed by atoms with Gasteiger partial charge in [0.25, 0.3) is 5.91 Å². The number of hydrogen-bond donors (Lipinski definition) is 3. The molecule has 0 heterocycles. The minimum absolute atomic E-state index is 0.124. The lowest BCUT2D eigenvalue weighted by Gasteiger charge is -2.22. The van der Waals surface area contributed by atoms with Crippen LogP contribution in [0.2, 0.25) is 0 Å². The van der Waals surface area contributed by atoms with Crippen LogP contribution in [0.4, 0.5) is 4.39 Å². The SMILES string of the molecule is CC(C)(NC(=O)c1ccc(F)cc1O)C(N)=O. The molecule has 0 saturated carbocycles. The summed E-state index contributed by atoms with van der Waals surface area (Å²) in [5.74, 6) is -2.57. The minimum atomic E-state index is -1.25. The van der Waals surface area contributed by atoms with E-state index in [1.807, 2.05) is 0 Å². The molecule has 0 fully saturated rings. The van der Waals surface area contributed by atoms with E-state index in [2.05, 4.69) is 5.32 Å². The number of nitrogens with two attached hydrogens (primary N) is 1. The molecule has 0 aliphatic rings. The number of phenols is 1. The molecule has 2 amide bonds. The summed E-state index contributed by atoms with van der Waals surface area (Å²) in [5.41, 5.74) is 3.71. The van der Waals surface area contributed by atoms with Gasteiger partial charge in [-0.25, -0.2) is 4.39 Å². The Morgan fingerprint density at radius 1 is 1.41 bits per heavy atom. The number of halogens is 1. The van der Waals surface area contributed by atoms with Crippen molar-refractivity contribution in [3.05, 3.63) is 29.6 Å². The van der Waals surface area contributed by atoms with Gasteiger partial charge in [0.2, 0.25) is 5.91 Å². The number of nitrogens with one attached hydrogen (secondary N) is 1. The predicted molar refractivity (Wildman–Crippen MR) is 58.8 cm³/mol. The monoisotopic (exact) mass is 240 g/mol. The molecule has 6 heteroatoms. The van der Waals surface area contributed by atoms with Gasteiger partial charge in [-0.1, -0.05) is 0 Å². The molecule has 1 aromatic carbocycles. The average molecular weight is 240 g/mol. The third-order valence-corrected chi connectivity index (χ3v) is 2.25. The van der Waals surface area contributed by atoms with Gasteiger partial charge in [0, 0.05) is 6.07 Å². The van der Waals surface area contributed by atoms with Crippen LogP contribution >= 0.6 is 0 Å². The van der Waals surface area contributed by atoms with Crippen molar-refractivity contribution in [1.82, 2.24) is 5.32 Å². The van der Waals surface area contributed by atoms with Crippen molar-refractivity contribution in [3.8, 4) is 5.75 Å². The van der Waals surface area contributed by atoms with E-state index in [0.717, 1.165) is 18.2 Å². The number of carbonyl (C=O) groups excluding carboxylic acids is 2. The second-order valence-electron chi connectivity index (χ2n) is 4.10. The van der Waals surface area contributed by atoms with Crippen LogP contribution in [0.3, 0.4) is 0 Å². The number of aromatic hydroxyl groups is 1. The number of amides is 2. The van der Waals surface area contributed by atoms with E-state index >= 15 is 0 Å². The van der Waals surface area contributed by atoms with Crippen LogP contribution in [-0.2, 0) is 4.79 Å². The van der Waals surface area contributed by atoms with E-state index in [4.69, 9.17) is 5.73 Å². The zero-order valence-corrected chi connectivity index (χ0v) is 9.45. The van der Waals surface area contributed by atoms with Gasteiger partial charge in [0.05, 0.1) is 5.56 Å². The van der Waals surface area contributed by atoms with Crippen LogP contribution in [0.25, 0.3) is 0 Å². The van der Waals surface area contributed by atoms with E-state index in [1.54, 1.807) is 0 Å². The summed E-state index contributed by atoms with van der Waals surface area (Å²) in [6.45, 7) is 2.85. The van der Waals surface area contributed by atoms with Crippen LogP contribution in [0.1, 0.15) is 24.2 Å². The Kier molecular flexibility index (Phi) is 3.36.